The molecule has 0 saturated carbocycles. The summed E-state index contributed by atoms with van der Waals surface area (Å²) in [6.07, 6.45) is 0.969. The molecule has 0 radical (unpaired) electrons. The van der Waals surface area contributed by atoms with Crippen LogP contribution in [0.25, 0.3) is 0 Å². The third kappa shape index (κ3) is 1.87. The summed E-state index contributed by atoms with van der Waals surface area (Å²) < 4.78 is 18.0. The first-order valence-electron chi connectivity index (χ1n) is 4.82. The molecule has 0 spiro atoms. The first-order valence-corrected chi connectivity index (χ1v) is 4.82. The Labute approximate surface area is 83.1 Å². The van der Waals surface area contributed by atoms with E-state index in [1.165, 1.54) is 12.1 Å². The SMILES string of the molecule is COc1cc(F)ccc1CC1CNC1. The van der Waals surface area contributed by atoms with Crippen molar-refractivity contribution in [3.63, 3.8) is 0 Å². The summed E-state index contributed by atoms with van der Waals surface area (Å²) in [6.45, 7) is 2.11. The molecule has 1 aliphatic heterocycles. The fourth-order valence-electron chi connectivity index (χ4n) is 1.69. The van der Waals surface area contributed by atoms with Gasteiger partial charge in [0.15, 0.2) is 0 Å². The van der Waals surface area contributed by atoms with Gasteiger partial charge in [-0.2, -0.15) is 0 Å². The van der Waals surface area contributed by atoms with Crippen LogP contribution >= 0.6 is 0 Å². The van der Waals surface area contributed by atoms with Gasteiger partial charge in [0.25, 0.3) is 0 Å². The van der Waals surface area contributed by atoms with Crippen molar-refractivity contribution in [3.05, 3.63) is 29.6 Å². The Morgan fingerprint density at radius 1 is 1.50 bits per heavy atom. The fourth-order valence-corrected chi connectivity index (χ4v) is 1.69. The van der Waals surface area contributed by atoms with Crippen LogP contribution in [0.3, 0.4) is 0 Å². The number of hydrogen-bond acceptors (Lipinski definition) is 2. The van der Waals surface area contributed by atoms with E-state index < -0.39 is 0 Å². The van der Waals surface area contributed by atoms with Gasteiger partial charge in [-0.05, 0) is 37.1 Å². The molecule has 1 aromatic carbocycles. The Balaban J connectivity index is 2.14. The normalized spacial score (nSPS) is 16.4. The van der Waals surface area contributed by atoms with Gasteiger partial charge in [-0.3, -0.25) is 0 Å². The number of ether oxygens (including phenoxy) is 1. The highest BCUT2D eigenvalue weighted by atomic mass is 19.1. The van der Waals surface area contributed by atoms with Gasteiger partial charge in [-0.25, -0.2) is 4.39 Å². The summed E-state index contributed by atoms with van der Waals surface area (Å²) in [5.74, 6) is 1.10. The van der Waals surface area contributed by atoms with Crippen molar-refractivity contribution in [1.29, 1.82) is 0 Å². The van der Waals surface area contributed by atoms with Gasteiger partial charge in [0, 0.05) is 6.07 Å². The highest BCUT2D eigenvalue weighted by Gasteiger charge is 2.18. The van der Waals surface area contributed by atoms with Gasteiger partial charge in [0.05, 0.1) is 7.11 Å². The summed E-state index contributed by atoms with van der Waals surface area (Å²) in [4.78, 5) is 0. The van der Waals surface area contributed by atoms with Crippen LogP contribution in [0, 0.1) is 11.7 Å². The molecule has 0 amide bonds. The molecular weight excluding hydrogens is 181 g/mol. The lowest BCUT2D eigenvalue weighted by atomic mass is 9.94. The van der Waals surface area contributed by atoms with Crippen molar-refractivity contribution in [3.8, 4) is 5.75 Å². The number of halogens is 1. The number of hydrogen-bond donors (Lipinski definition) is 1. The molecule has 0 bridgehead atoms. The molecule has 0 aromatic heterocycles. The number of nitrogens with one attached hydrogen (secondary N) is 1. The molecule has 2 rings (SSSR count). The first kappa shape index (κ1) is 9.46. The highest BCUT2D eigenvalue weighted by molar-refractivity contribution is 5.34. The predicted molar refractivity (Wildman–Crippen MR) is 53.0 cm³/mol. The maximum atomic E-state index is 12.9. The topological polar surface area (TPSA) is 21.3 Å². The Morgan fingerprint density at radius 2 is 2.29 bits per heavy atom. The van der Waals surface area contributed by atoms with Crippen LogP contribution in [0.5, 0.6) is 5.75 Å². The van der Waals surface area contributed by atoms with E-state index in [0.29, 0.717) is 11.7 Å². The van der Waals surface area contributed by atoms with Crippen molar-refractivity contribution in [2.75, 3.05) is 20.2 Å². The minimum atomic E-state index is -0.239. The van der Waals surface area contributed by atoms with Gasteiger partial charge in [-0.1, -0.05) is 6.07 Å². The lowest BCUT2D eigenvalue weighted by Crippen LogP contribution is -2.43. The zero-order valence-electron chi connectivity index (χ0n) is 8.22. The summed E-state index contributed by atoms with van der Waals surface area (Å²) in [7, 11) is 1.58. The van der Waals surface area contributed by atoms with Crippen molar-refractivity contribution in [2.24, 2.45) is 5.92 Å². The average Bonchev–Trinajstić information content (AvgIpc) is 2.13. The van der Waals surface area contributed by atoms with Crippen LogP contribution in [-0.4, -0.2) is 20.2 Å². The molecule has 1 aliphatic rings. The van der Waals surface area contributed by atoms with Gasteiger partial charge >= 0.3 is 0 Å². The fraction of sp³-hybridized carbons (Fsp3) is 0.455. The Kier molecular flexibility index (Phi) is 2.68. The second-order valence-corrected chi connectivity index (χ2v) is 3.68. The molecule has 1 saturated heterocycles. The number of methoxy groups -OCH3 is 1. The van der Waals surface area contributed by atoms with E-state index in [1.807, 2.05) is 6.07 Å². The van der Waals surface area contributed by atoms with Crippen LogP contribution < -0.4 is 10.1 Å². The number of benzene rings is 1. The van der Waals surface area contributed by atoms with Crippen LogP contribution in [0.2, 0.25) is 0 Å². The third-order valence-electron chi connectivity index (χ3n) is 2.62. The van der Waals surface area contributed by atoms with Crippen LogP contribution in [0.1, 0.15) is 5.56 Å². The van der Waals surface area contributed by atoms with Crippen LogP contribution in [0.15, 0.2) is 18.2 Å². The van der Waals surface area contributed by atoms with Crippen molar-refractivity contribution in [2.45, 2.75) is 6.42 Å². The van der Waals surface area contributed by atoms with Crippen molar-refractivity contribution < 1.29 is 9.13 Å². The van der Waals surface area contributed by atoms with Crippen molar-refractivity contribution >= 4 is 0 Å². The Morgan fingerprint density at radius 3 is 2.86 bits per heavy atom. The molecule has 2 nitrogen and oxygen atoms in total. The van der Waals surface area contributed by atoms with Gasteiger partial charge in [0.2, 0.25) is 0 Å². The predicted octanol–water partition coefficient (Wildman–Crippen LogP) is 1.60. The van der Waals surface area contributed by atoms with Gasteiger partial charge < -0.3 is 10.1 Å². The van der Waals surface area contributed by atoms with E-state index in [-0.39, 0.29) is 5.82 Å². The molecule has 76 valence electrons. The number of rotatable bonds is 3. The molecule has 1 heterocycles. The second-order valence-electron chi connectivity index (χ2n) is 3.68. The van der Waals surface area contributed by atoms with E-state index in [4.69, 9.17) is 4.74 Å². The van der Waals surface area contributed by atoms with Crippen LogP contribution in [0.4, 0.5) is 4.39 Å². The van der Waals surface area contributed by atoms with E-state index in [2.05, 4.69) is 5.32 Å². The summed E-state index contributed by atoms with van der Waals surface area (Å²) in [6, 6.07) is 4.75. The smallest absolute Gasteiger partial charge is 0.126 e. The highest BCUT2D eigenvalue weighted by Crippen LogP contribution is 2.23. The zero-order chi connectivity index (χ0) is 9.97. The summed E-state index contributed by atoms with van der Waals surface area (Å²) in [5, 5.41) is 3.22. The standard InChI is InChI=1S/C11H14FNO/c1-14-11-5-10(12)3-2-9(11)4-8-6-13-7-8/h2-3,5,8,13H,4,6-7H2,1H3. The Hall–Kier alpha value is -1.09. The molecule has 1 aromatic rings. The lowest BCUT2D eigenvalue weighted by molar-refractivity contribution is 0.338. The molecule has 0 unspecified atom stereocenters. The lowest BCUT2D eigenvalue weighted by Gasteiger charge is -2.27. The van der Waals surface area contributed by atoms with Gasteiger partial charge in [-0.15, -0.1) is 0 Å². The Bertz CT molecular complexity index is 323. The summed E-state index contributed by atoms with van der Waals surface area (Å²) >= 11 is 0. The monoisotopic (exact) mass is 195 g/mol. The molecule has 0 atom stereocenters. The molecule has 1 N–H and O–H groups in total. The van der Waals surface area contributed by atoms with Gasteiger partial charge in [0.1, 0.15) is 11.6 Å². The third-order valence-corrected chi connectivity index (χ3v) is 2.62. The minimum Gasteiger partial charge on any atom is -0.496 e. The van der Waals surface area contributed by atoms with E-state index in [0.717, 1.165) is 25.1 Å². The zero-order valence-corrected chi connectivity index (χ0v) is 8.22. The van der Waals surface area contributed by atoms with E-state index in [9.17, 15) is 4.39 Å². The largest absolute Gasteiger partial charge is 0.496 e. The first-order chi connectivity index (χ1) is 6.79. The molecule has 1 fully saturated rings. The average molecular weight is 195 g/mol. The second kappa shape index (κ2) is 3.96. The summed E-state index contributed by atoms with van der Waals surface area (Å²) in [5.41, 5.74) is 1.10. The minimum absolute atomic E-state index is 0.239. The van der Waals surface area contributed by atoms with E-state index in [1.54, 1.807) is 7.11 Å². The van der Waals surface area contributed by atoms with Crippen molar-refractivity contribution in [1.82, 2.24) is 5.32 Å². The maximum absolute atomic E-state index is 12.9. The molecular formula is C11H14FNO. The van der Waals surface area contributed by atoms with Crippen LogP contribution in [-0.2, 0) is 6.42 Å². The maximum Gasteiger partial charge on any atom is 0.126 e. The van der Waals surface area contributed by atoms with E-state index >= 15 is 0 Å². The molecule has 0 aliphatic carbocycles. The molecule has 3 heteroatoms. The molecule has 14 heavy (non-hydrogen) atoms. The quantitative estimate of drug-likeness (QED) is 0.791.